The van der Waals surface area contributed by atoms with E-state index in [-0.39, 0.29) is 12.1 Å². The molecule has 3 atom stereocenters. The summed E-state index contributed by atoms with van der Waals surface area (Å²) in [7, 11) is 0. The Bertz CT molecular complexity index is 430. The van der Waals surface area contributed by atoms with Gasteiger partial charge in [0.25, 0.3) is 0 Å². The van der Waals surface area contributed by atoms with Crippen molar-refractivity contribution in [1.82, 2.24) is 5.32 Å². The minimum atomic E-state index is -0.716. The Morgan fingerprint density at radius 3 is 3.00 bits per heavy atom. The zero-order chi connectivity index (χ0) is 11.1. The predicted molar refractivity (Wildman–Crippen MR) is 60.2 cm³/mol. The van der Waals surface area contributed by atoms with Crippen molar-refractivity contribution < 1.29 is 9.90 Å². The zero-order valence-electron chi connectivity index (χ0n) is 9.02. The summed E-state index contributed by atoms with van der Waals surface area (Å²) >= 11 is 0. The van der Waals surface area contributed by atoms with Gasteiger partial charge < -0.3 is 5.11 Å². The van der Waals surface area contributed by atoms with Gasteiger partial charge in [-0.3, -0.25) is 10.1 Å². The van der Waals surface area contributed by atoms with Crippen LogP contribution in [-0.4, -0.2) is 17.1 Å². The molecule has 0 saturated carbocycles. The molecule has 0 spiro atoms. The zero-order valence-corrected chi connectivity index (χ0v) is 9.02. The first-order chi connectivity index (χ1) is 7.75. The van der Waals surface area contributed by atoms with E-state index in [0.29, 0.717) is 5.92 Å². The number of benzene rings is 1. The minimum absolute atomic E-state index is 0.256. The molecule has 3 nitrogen and oxygen atoms in total. The van der Waals surface area contributed by atoms with Crippen molar-refractivity contribution in [3.05, 3.63) is 35.4 Å². The average molecular weight is 217 g/mol. The smallest absolute Gasteiger partial charge is 0.320 e. The summed E-state index contributed by atoms with van der Waals surface area (Å²) in [5, 5.41) is 12.3. The van der Waals surface area contributed by atoms with E-state index in [2.05, 4.69) is 23.5 Å². The van der Waals surface area contributed by atoms with Gasteiger partial charge in [-0.15, -0.1) is 0 Å². The number of nitrogens with one attached hydrogen (secondary N) is 1. The molecule has 1 aliphatic carbocycles. The Hall–Kier alpha value is -1.35. The molecule has 1 heterocycles. The summed E-state index contributed by atoms with van der Waals surface area (Å²) in [6.45, 7) is 0. The highest BCUT2D eigenvalue weighted by Gasteiger charge is 2.40. The van der Waals surface area contributed by atoms with Crippen LogP contribution in [0.4, 0.5) is 0 Å². The van der Waals surface area contributed by atoms with Crippen molar-refractivity contribution in [2.45, 2.75) is 31.3 Å². The normalized spacial score (nSPS) is 31.9. The van der Waals surface area contributed by atoms with Crippen molar-refractivity contribution >= 4 is 5.97 Å². The first kappa shape index (κ1) is 9.85. The second-order valence-corrected chi connectivity index (χ2v) is 4.77. The van der Waals surface area contributed by atoms with Crippen molar-refractivity contribution in [2.24, 2.45) is 5.92 Å². The topological polar surface area (TPSA) is 49.3 Å². The molecular weight excluding hydrogens is 202 g/mol. The maximum Gasteiger partial charge on any atom is 0.320 e. The van der Waals surface area contributed by atoms with Crippen molar-refractivity contribution in [1.29, 1.82) is 0 Å². The summed E-state index contributed by atoms with van der Waals surface area (Å²) in [5.41, 5.74) is 2.68. The van der Waals surface area contributed by atoms with Gasteiger partial charge >= 0.3 is 5.97 Å². The van der Waals surface area contributed by atoms with Crippen LogP contribution >= 0.6 is 0 Å². The van der Waals surface area contributed by atoms with Crippen LogP contribution in [0.15, 0.2) is 24.3 Å². The molecule has 3 unspecified atom stereocenters. The molecule has 1 fully saturated rings. The van der Waals surface area contributed by atoms with Crippen LogP contribution in [0.2, 0.25) is 0 Å². The molecule has 3 rings (SSSR count). The van der Waals surface area contributed by atoms with Gasteiger partial charge in [0.1, 0.15) is 6.04 Å². The lowest BCUT2D eigenvalue weighted by Crippen LogP contribution is -2.32. The summed E-state index contributed by atoms with van der Waals surface area (Å²) < 4.78 is 0. The third kappa shape index (κ3) is 1.43. The monoisotopic (exact) mass is 217 g/mol. The third-order valence-corrected chi connectivity index (χ3v) is 3.86. The molecule has 0 bridgehead atoms. The Morgan fingerprint density at radius 1 is 1.38 bits per heavy atom. The van der Waals surface area contributed by atoms with Crippen LogP contribution in [0.3, 0.4) is 0 Å². The van der Waals surface area contributed by atoms with E-state index < -0.39 is 5.97 Å². The number of fused-ring (bicyclic) bond motifs is 3. The second-order valence-electron chi connectivity index (χ2n) is 4.77. The van der Waals surface area contributed by atoms with Gasteiger partial charge in [0.15, 0.2) is 0 Å². The molecule has 1 saturated heterocycles. The molecule has 2 N–H and O–H groups in total. The first-order valence-corrected chi connectivity index (χ1v) is 5.82. The number of hydrogen-bond acceptors (Lipinski definition) is 2. The molecule has 1 aliphatic heterocycles. The highest BCUT2D eigenvalue weighted by molar-refractivity contribution is 5.74. The fraction of sp³-hybridized carbons (Fsp3) is 0.462. The summed E-state index contributed by atoms with van der Waals surface area (Å²) in [6.07, 6.45) is 2.97. The standard InChI is InChI=1S/C13H15NO2/c15-13(16)11-7-9-6-5-8-3-1-2-4-10(8)12(9)14-11/h1-4,9,11-12,14H,5-7H2,(H,15,16). The van der Waals surface area contributed by atoms with E-state index in [0.717, 1.165) is 19.3 Å². The fourth-order valence-corrected chi connectivity index (χ4v) is 3.07. The van der Waals surface area contributed by atoms with E-state index in [4.69, 9.17) is 5.11 Å². The Balaban J connectivity index is 1.93. The number of carboxylic acid groups (broad SMARTS) is 1. The van der Waals surface area contributed by atoms with Crippen LogP contribution in [-0.2, 0) is 11.2 Å². The Kier molecular flexibility index (Phi) is 2.21. The number of aryl methyl sites for hydroxylation is 1. The molecule has 0 radical (unpaired) electrons. The molecule has 0 amide bonds. The Labute approximate surface area is 94.5 Å². The first-order valence-electron chi connectivity index (χ1n) is 5.82. The number of aliphatic carboxylic acids is 1. The minimum Gasteiger partial charge on any atom is -0.480 e. The van der Waals surface area contributed by atoms with Gasteiger partial charge in [-0.1, -0.05) is 24.3 Å². The van der Waals surface area contributed by atoms with Crippen LogP contribution in [0.5, 0.6) is 0 Å². The quantitative estimate of drug-likeness (QED) is 0.753. The molecule has 0 aromatic heterocycles. The van der Waals surface area contributed by atoms with Gasteiger partial charge in [0, 0.05) is 6.04 Å². The number of carbonyl (C=O) groups is 1. The highest BCUT2D eigenvalue weighted by Crippen LogP contribution is 2.41. The lowest BCUT2D eigenvalue weighted by molar-refractivity contribution is -0.139. The van der Waals surface area contributed by atoms with E-state index >= 15 is 0 Å². The van der Waals surface area contributed by atoms with Gasteiger partial charge in [-0.2, -0.15) is 0 Å². The number of rotatable bonds is 1. The maximum absolute atomic E-state index is 11.0. The molecular formula is C13H15NO2. The van der Waals surface area contributed by atoms with Crippen LogP contribution in [0.1, 0.15) is 30.0 Å². The summed E-state index contributed by atoms with van der Waals surface area (Å²) in [5.74, 6) is -0.220. The summed E-state index contributed by atoms with van der Waals surface area (Å²) in [4.78, 5) is 11.0. The summed E-state index contributed by atoms with van der Waals surface area (Å²) in [6, 6.07) is 8.28. The van der Waals surface area contributed by atoms with Gasteiger partial charge in [0.2, 0.25) is 0 Å². The van der Waals surface area contributed by atoms with Crippen LogP contribution in [0.25, 0.3) is 0 Å². The average Bonchev–Trinajstić information content (AvgIpc) is 2.73. The molecule has 16 heavy (non-hydrogen) atoms. The fourth-order valence-electron chi connectivity index (χ4n) is 3.07. The largest absolute Gasteiger partial charge is 0.480 e. The van der Waals surface area contributed by atoms with E-state index in [1.165, 1.54) is 11.1 Å². The van der Waals surface area contributed by atoms with Crippen molar-refractivity contribution in [3.8, 4) is 0 Å². The number of hydrogen-bond donors (Lipinski definition) is 2. The molecule has 1 aromatic carbocycles. The molecule has 2 aliphatic rings. The van der Waals surface area contributed by atoms with Gasteiger partial charge in [-0.05, 0) is 36.3 Å². The molecule has 1 aromatic rings. The van der Waals surface area contributed by atoms with Crippen LogP contribution in [0, 0.1) is 5.92 Å². The lowest BCUT2D eigenvalue weighted by Gasteiger charge is -2.27. The van der Waals surface area contributed by atoms with Gasteiger partial charge in [0.05, 0.1) is 0 Å². The van der Waals surface area contributed by atoms with Crippen LogP contribution < -0.4 is 5.32 Å². The molecule has 84 valence electrons. The Morgan fingerprint density at radius 2 is 2.19 bits per heavy atom. The molecule has 3 heteroatoms. The van der Waals surface area contributed by atoms with Crippen molar-refractivity contribution in [3.63, 3.8) is 0 Å². The SMILES string of the molecule is O=C(O)C1CC2CCc3ccccc3C2N1. The van der Waals surface area contributed by atoms with E-state index in [9.17, 15) is 4.79 Å². The van der Waals surface area contributed by atoms with E-state index in [1.54, 1.807) is 0 Å². The van der Waals surface area contributed by atoms with Crippen molar-refractivity contribution in [2.75, 3.05) is 0 Å². The van der Waals surface area contributed by atoms with Gasteiger partial charge in [-0.25, -0.2) is 0 Å². The predicted octanol–water partition coefficient (Wildman–Crippen LogP) is 1.74. The van der Waals surface area contributed by atoms with E-state index in [1.807, 2.05) is 6.07 Å². The third-order valence-electron chi connectivity index (χ3n) is 3.86. The lowest BCUT2D eigenvalue weighted by atomic mass is 9.80. The number of carboxylic acids is 1. The maximum atomic E-state index is 11.0. The highest BCUT2D eigenvalue weighted by atomic mass is 16.4. The second kappa shape index (κ2) is 3.59.